The van der Waals surface area contributed by atoms with Gasteiger partial charge < -0.3 is 5.32 Å². The number of halogens is 1. The maximum atomic E-state index is 12.0. The van der Waals surface area contributed by atoms with Gasteiger partial charge in [-0.3, -0.25) is 4.79 Å². The first kappa shape index (κ1) is 14.7. The first-order valence-electron chi connectivity index (χ1n) is 5.98. The smallest absolute Gasteiger partial charge is 0.241 e. The summed E-state index contributed by atoms with van der Waals surface area (Å²) >= 11 is 3.40. The summed E-state index contributed by atoms with van der Waals surface area (Å²) in [5.41, 5.74) is 1.84. The average Bonchev–Trinajstić information content (AvgIpc) is 2.31. The van der Waals surface area contributed by atoms with Gasteiger partial charge in [0, 0.05) is 10.2 Å². The van der Waals surface area contributed by atoms with Crippen LogP contribution in [-0.2, 0) is 11.2 Å². The van der Waals surface area contributed by atoms with Gasteiger partial charge in [0.25, 0.3) is 0 Å². The van der Waals surface area contributed by atoms with Gasteiger partial charge in [-0.25, -0.2) is 0 Å². The zero-order chi connectivity index (χ0) is 13.7. The van der Waals surface area contributed by atoms with Crippen LogP contribution in [0.15, 0.2) is 22.7 Å². The molecule has 3 nitrogen and oxygen atoms in total. The summed E-state index contributed by atoms with van der Waals surface area (Å²) in [6, 6.07) is 7.76. The molecule has 0 saturated carbocycles. The van der Waals surface area contributed by atoms with Crippen molar-refractivity contribution in [1.82, 2.24) is 0 Å². The van der Waals surface area contributed by atoms with Crippen LogP contribution in [0.3, 0.4) is 0 Å². The Kier molecular flexibility index (Phi) is 5.36. The van der Waals surface area contributed by atoms with Gasteiger partial charge >= 0.3 is 0 Å². The van der Waals surface area contributed by atoms with E-state index in [1.807, 2.05) is 45.0 Å². The molecule has 1 amide bonds. The SMILES string of the molecule is CCc1cc(Br)ccc1NC(=O)C(C#N)C(C)C. The Morgan fingerprint density at radius 3 is 2.67 bits per heavy atom. The summed E-state index contributed by atoms with van der Waals surface area (Å²) in [6.45, 7) is 5.77. The lowest BCUT2D eigenvalue weighted by molar-refractivity contribution is -0.119. The summed E-state index contributed by atoms with van der Waals surface area (Å²) in [5.74, 6) is -0.835. The molecule has 1 rings (SSSR count). The highest BCUT2D eigenvalue weighted by Crippen LogP contribution is 2.23. The number of carbonyl (C=O) groups is 1. The number of hydrogen-bond acceptors (Lipinski definition) is 2. The Hall–Kier alpha value is -1.34. The molecular formula is C14H17BrN2O. The van der Waals surface area contributed by atoms with E-state index in [1.54, 1.807) is 0 Å². The number of carbonyl (C=O) groups excluding carboxylic acids is 1. The highest BCUT2D eigenvalue weighted by atomic mass is 79.9. The fraction of sp³-hybridized carbons (Fsp3) is 0.429. The van der Waals surface area contributed by atoms with Crippen molar-refractivity contribution in [3.63, 3.8) is 0 Å². The molecule has 1 aromatic carbocycles. The second-order valence-electron chi connectivity index (χ2n) is 4.50. The second kappa shape index (κ2) is 6.55. The van der Waals surface area contributed by atoms with Crippen LogP contribution in [0.1, 0.15) is 26.3 Å². The maximum absolute atomic E-state index is 12.0. The van der Waals surface area contributed by atoms with Crippen molar-refractivity contribution in [2.75, 3.05) is 5.32 Å². The highest BCUT2D eigenvalue weighted by molar-refractivity contribution is 9.10. The van der Waals surface area contributed by atoms with Crippen LogP contribution in [0.2, 0.25) is 0 Å². The molecule has 1 aromatic rings. The second-order valence-corrected chi connectivity index (χ2v) is 5.41. The first-order chi connectivity index (χ1) is 8.49. The lowest BCUT2D eigenvalue weighted by atomic mass is 9.96. The van der Waals surface area contributed by atoms with Crippen molar-refractivity contribution < 1.29 is 4.79 Å². The lowest BCUT2D eigenvalue weighted by Crippen LogP contribution is -2.26. The zero-order valence-corrected chi connectivity index (χ0v) is 12.4. The van der Waals surface area contributed by atoms with E-state index in [4.69, 9.17) is 5.26 Å². The molecule has 0 aromatic heterocycles. The van der Waals surface area contributed by atoms with Crippen molar-refractivity contribution in [3.8, 4) is 6.07 Å². The molecule has 0 radical (unpaired) electrons. The summed E-state index contributed by atoms with van der Waals surface area (Å²) in [7, 11) is 0. The normalized spacial score (nSPS) is 12.0. The third kappa shape index (κ3) is 3.58. The topological polar surface area (TPSA) is 52.9 Å². The molecule has 96 valence electrons. The molecule has 4 heteroatoms. The van der Waals surface area contributed by atoms with Gasteiger partial charge in [0.1, 0.15) is 5.92 Å². The molecule has 0 bridgehead atoms. The fourth-order valence-corrected chi connectivity index (χ4v) is 2.11. The van der Waals surface area contributed by atoms with E-state index in [1.165, 1.54) is 0 Å². The molecule has 0 spiro atoms. The van der Waals surface area contributed by atoms with Crippen molar-refractivity contribution in [2.45, 2.75) is 27.2 Å². The molecule has 1 unspecified atom stereocenters. The van der Waals surface area contributed by atoms with Crippen molar-refractivity contribution in [2.24, 2.45) is 11.8 Å². The van der Waals surface area contributed by atoms with Crippen LogP contribution >= 0.6 is 15.9 Å². The summed E-state index contributed by atoms with van der Waals surface area (Å²) < 4.78 is 0.984. The molecule has 0 aliphatic rings. The Labute approximate surface area is 116 Å². The van der Waals surface area contributed by atoms with Crippen molar-refractivity contribution in [1.29, 1.82) is 5.26 Å². The first-order valence-corrected chi connectivity index (χ1v) is 6.77. The molecule has 0 aliphatic carbocycles. The predicted octanol–water partition coefficient (Wildman–Crippen LogP) is 3.75. The lowest BCUT2D eigenvalue weighted by Gasteiger charge is -2.15. The van der Waals surface area contributed by atoms with Gasteiger partial charge in [-0.05, 0) is 36.1 Å². The van der Waals surface area contributed by atoms with Crippen LogP contribution in [-0.4, -0.2) is 5.91 Å². The Bertz CT molecular complexity index is 477. The molecule has 18 heavy (non-hydrogen) atoms. The van der Waals surface area contributed by atoms with Crippen LogP contribution in [0.4, 0.5) is 5.69 Å². The number of aryl methyl sites for hydroxylation is 1. The number of rotatable bonds is 4. The molecule has 0 heterocycles. The molecule has 0 aliphatic heterocycles. The number of nitriles is 1. The van der Waals surface area contributed by atoms with Crippen LogP contribution in [0.5, 0.6) is 0 Å². The molecule has 1 atom stereocenters. The highest BCUT2D eigenvalue weighted by Gasteiger charge is 2.22. The van der Waals surface area contributed by atoms with E-state index < -0.39 is 5.92 Å². The molecular weight excluding hydrogens is 292 g/mol. The summed E-state index contributed by atoms with van der Waals surface area (Å²) in [6.07, 6.45) is 0.827. The van der Waals surface area contributed by atoms with Gasteiger partial charge in [-0.15, -0.1) is 0 Å². The molecule has 0 saturated heterocycles. The quantitative estimate of drug-likeness (QED) is 0.921. The Balaban J connectivity index is 2.91. The Morgan fingerprint density at radius 1 is 1.50 bits per heavy atom. The number of nitrogens with zero attached hydrogens (tertiary/aromatic N) is 1. The van der Waals surface area contributed by atoms with Gasteiger partial charge in [0.15, 0.2) is 0 Å². The minimum Gasteiger partial charge on any atom is -0.325 e. The summed E-state index contributed by atoms with van der Waals surface area (Å²) in [4.78, 5) is 12.0. The van der Waals surface area contributed by atoms with Crippen LogP contribution < -0.4 is 5.32 Å². The Morgan fingerprint density at radius 2 is 2.17 bits per heavy atom. The number of hydrogen-bond donors (Lipinski definition) is 1. The monoisotopic (exact) mass is 308 g/mol. The van der Waals surface area contributed by atoms with Gasteiger partial charge in [-0.1, -0.05) is 36.7 Å². The van der Waals surface area contributed by atoms with E-state index >= 15 is 0 Å². The van der Waals surface area contributed by atoms with E-state index in [2.05, 4.69) is 21.2 Å². The third-order valence-corrected chi connectivity index (χ3v) is 3.29. The minimum atomic E-state index is -0.613. The van der Waals surface area contributed by atoms with Gasteiger partial charge in [-0.2, -0.15) is 5.26 Å². The third-order valence-electron chi connectivity index (χ3n) is 2.79. The zero-order valence-electron chi connectivity index (χ0n) is 10.8. The maximum Gasteiger partial charge on any atom is 0.241 e. The van der Waals surface area contributed by atoms with Crippen molar-refractivity contribution in [3.05, 3.63) is 28.2 Å². The summed E-state index contributed by atoms with van der Waals surface area (Å²) in [5, 5.41) is 11.8. The van der Waals surface area contributed by atoms with Crippen molar-refractivity contribution >= 4 is 27.5 Å². The van der Waals surface area contributed by atoms with Crippen LogP contribution in [0.25, 0.3) is 0 Å². The molecule has 0 fully saturated rings. The van der Waals surface area contributed by atoms with E-state index in [0.717, 1.165) is 22.1 Å². The van der Waals surface area contributed by atoms with E-state index in [0.29, 0.717) is 0 Å². The van der Waals surface area contributed by atoms with Gasteiger partial charge in [0.05, 0.1) is 6.07 Å². The number of anilines is 1. The number of benzene rings is 1. The number of nitrogens with one attached hydrogen (secondary N) is 1. The predicted molar refractivity (Wildman–Crippen MR) is 76.1 cm³/mol. The van der Waals surface area contributed by atoms with Crippen LogP contribution in [0, 0.1) is 23.2 Å². The van der Waals surface area contributed by atoms with E-state index in [-0.39, 0.29) is 11.8 Å². The largest absolute Gasteiger partial charge is 0.325 e. The van der Waals surface area contributed by atoms with Gasteiger partial charge in [0.2, 0.25) is 5.91 Å². The minimum absolute atomic E-state index is 0.00975. The molecule has 1 N–H and O–H groups in total. The fourth-order valence-electron chi connectivity index (χ4n) is 1.70. The number of amides is 1. The average molecular weight is 309 g/mol. The standard InChI is InChI=1S/C14H17BrN2O/c1-4-10-7-11(15)5-6-13(10)17-14(18)12(8-16)9(2)3/h5-7,9,12H,4H2,1-3H3,(H,17,18). The van der Waals surface area contributed by atoms with E-state index in [9.17, 15) is 4.79 Å².